The van der Waals surface area contributed by atoms with Gasteiger partial charge in [-0.15, -0.1) is 5.10 Å². The predicted octanol–water partition coefficient (Wildman–Crippen LogP) is 2.46. The number of hydrogen-bond donors (Lipinski definition) is 0. The predicted molar refractivity (Wildman–Crippen MR) is 60.9 cm³/mol. The third-order valence-electron chi connectivity index (χ3n) is 2.20. The van der Waals surface area contributed by atoms with E-state index < -0.39 is 0 Å². The molecule has 0 aliphatic heterocycles. The molecule has 3 rings (SSSR count). The van der Waals surface area contributed by atoms with Crippen molar-refractivity contribution in [3.8, 4) is 11.5 Å². The minimum Gasteiger partial charge on any atom is -0.460 e. The van der Waals surface area contributed by atoms with Crippen molar-refractivity contribution in [2.45, 2.75) is 6.92 Å². The lowest BCUT2D eigenvalue weighted by atomic mass is 10.3. The van der Waals surface area contributed by atoms with E-state index in [1.165, 1.54) is 0 Å². The van der Waals surface area contributed by atoms with Crippen LogP contribution in [-0.4, -0.2) is 19.6 Å². The molecule has 3 heterocycles. The molecule has 80 valence electrons. The largest absolute Gasteiger partial charge is 0.460 e. The Morgan fingerprint density at radius 1 is 1.38 bits per heavy atom. The molecule has 0 saturated carbocycles. The van der Waals surface area contributed by atoms with E-state index in [2.05, 4.69) is 31.0 Å². The van der Waals surface area contributed by atoms with Crippen LogP contribution in [-0.2, 0) is 0 Å². The number of fused-ring (bicyclic) bond motifs is 1. The third-order valence-corrected chi connectivity index (χ3v) is 2.54. The number of halogens is 1. The smallest absolute Gasteiger partial charge is 0.218 e. The van der Waals surface area contributed by atoms with Crippen LogP contribution in [0.1, 0.15) is 5.76 Å². The fourth-order valence-corrected chi connectivity index (χ4v) is 1.87. The zero-order valence-electron chi connectivity index (χ0n) is 8.38. The SMILES string of the molecule is Cc1ccc(-c2nccn3nc(Br)nc23)o1. The number of furan rings is 1. The van der Waals surface area contributed by atoms with E-state index in [-0.39, 0.29) is 0 Å². The zero-order valence-corrected chi connectivity index (χ0v) is 9.97. The second-order valence-electron chi connectivity index (χ2n) is 3.34. The Hall–Kier alpha value is -1.69. The Morgan fingerprint density at radius 2 is 2.25 bits per heavy atom. The van der Waals surface area contributed by atoms with Crippen LogP contribution in [0, 0.1) is 6.92 Å². The van der Waals surface area contributed by atoms with Crippen LogP contribution < -0.4 is 0 Å². The normalized spacial score (nSPS) is 11.1. The molecule has 0 aromatic carbocycles. The van der Waals surface area contributed by atoms with Crippen molar-refractivity contribution >= 4 is 21.6 Å². The molecule has 6 heteroatoms. The summed E-state index contributed by atoms with van der Waals surface area (Å²) in [5, 5.41) is 4.15. The standard InChI is InChI=1S/C10H7BrN4O/c1-6-2-3-7(16-6)8-9-13-10(11)14-15(9)5-4-12-8/h2-5H,1H3. The highest BCUT2D eigenvalue weighted by Gasteiger charge is 2.12. The molecule has 0 amide bonds. The van der Waals surface area contributed by atoms with Gasteiger partial charge in [0.25, 0.3) is 0 Å². The summed E-state index contributed by atoms with van der Waals surface area (Å²) in [6.07, 6.45) is 3.41. The van der Waals surface area contributed by atoms with Crippen molar-refractivity contribution in [2.75, 3.05) is 0 Å². The van der Waals surface area contributed by atoms with E-state index in [0.29, 0.717) is 21.8 Å². The third kappa shape index (κ3) is 1.42. The molecule has 0 spiro atoms. The van der Waals surface area contributed by atoms with Crippen molar-refractivity contribution < 1.29 is 4.42 Å². The Morgan fingerprint density at radius 3 is 3.00 bits per heavy atom. The topological polar surface area (TPSA) is 56.2 Å². The molecule has 0 aliphatic rings. The van der Waals surface area contributed by atoms with Crippen LogP contribution >= 0.6 is 15.9 Å². The molecular formula is C10H7BrN4O. The molecule has 3 aromatic rings. The molecule has 0 N–H and O–H groups in total. The van der Waals surface area contributed by atoms with E-state index in [4.69, 9.17) is 4.42 Å². The summed E-state index contributed by atoms with van der Waals surface area (Å²) in [4.78, 5) is 8.51. The van der Waals surface area contributed by atoms with Gasteiger partial charge in [0.2, 0.25) is 4.73 Å². The van der Waals surface area contributed by atoms with Gasteiger partial charge in [0, 0.05) is 12.4 Å². The van der Waals surface area contributed by atoms with Crippen LogP contribution in [0.4, 0.5) is 0 Å². The summed E-state index contributed by atoms with van der Waals surface area (Å²) in [5.41, 5.74) is 1.36. The van der Waals surface area contributed by atoms with Crippen LogP contribution in [0.3, 0.4) is 0 Å². The van der Waals surface area contributed by atoms with E-state index in [0.717, 1.165) is 5.76 Å². The molecule has 0 unspecified atom stereocenters. The molecule has 0 aliphatic carbocycles. The number of aromatic nitrogens is 4. The molecule has 0 saturated heterocycles. The van der Waals surface area contributed by atoms with Gasteiger partial charge in [-0.1, -0.05) is 0 Å². The van der Waals surface area contributed by atoms with Crippen molar-refractivity contribution in [3.63, 3.8) is 0 Å². The number of rotatable bonds is 1. The molecule has 0 fully saturated rings. The minimum absolute atomic E-state index is 0.532. The van der Waals surface area contributed by atoms with Crippen molar-refractivity contribution in [1.29, 1.82) is 0 Å². The van der Waals surface area contributed by atoms with Gasteiger partial charge in [-0.25, -0.2) is 9.50 Å². The Kier molecular flexibility index (Phi) is 2.03. The molecular weight excluding hydrogens is 272 g/mol. The number of aryl methyl sites for hydroxylation is 1. The first-order chi connectivity index (χ1) is 7.74. The summed E-state index contributed by atoms with van der Waals surface area (Å²) < 4.78 is 7.72. The maximum Gasteiger partial charge on any atom is 0.218 e. The Balaban J connectivity index is 2.30. The van der Waals surface area contributed by atoms with Gasteiger partial charge in [0.15, 0.2) is 17.1 Å². The van der Waals surface area contributed by atoms with Gasteiger partial charge < -0.3 is 4.42 Å². The maximum atomic E-state index is 5.53. The summed E-state index contributed by atoms with van der Waals surface area (Å²) in [5.74, 6) is 1.54. The van der Waals surface area contributed by atoms with Gasteiger partial charge in [-0.2, -0.15) is 4.98 Å². The van der Waals surface area contributed by atoms with Crippen molar-refractivity contribution in [3.05, 3.63) is 35.0 Å². The summed E-state index contributed by atoms with van der Waals surface area (Å²) in [7, 11) is 0. The second kappa shape index (κ2) is 3.41. The quantitative estimate of drug-likeness (QED) is 0.686. The average Bonchev–Trinajstić information content (AvgIpc) is 2.82. The van der Waals surface area contributed by atoms with Crippen LogP contribution in [0.2, 0.25) is 0 Å². The molecule has 16 heavy (non-hydrogen) atoms. The fraction of sp³-hybridized carbons (Fsp3) is 0.100. The number of hydrogen-bond acceptors (Lipinski definition) is 4. The Labute approximate surface area is 99.3 Å². The summed E-state index contributed by atoms with van der Waals surface area (Å²) in [6, 6.07) is 3.77. The first-order valence-electron chi connectivity index (χ1n) is 4.68. The highest BCUT2D eigenvalue weighted by atomic mass is 79.9. The summed E-state index contributed by atoms with van der Waals surface area (Å²) in [6.45, 7) is 1.89. The minimum atomic E-state index is 0.532. The molecule has 0 bridgehead atoms. The lowest BCUT2D eigenvalue weighted by molar-refractivity contribution is 0.546. The molecule has 0 radical (unpaired) electrons. The fourth-order valence-electron chi connectivity index (χ4n) is 1.53. The summed E-state index contributed by atoms with van der Waals surface area (Å²) >= 11 is 3.24. The molecule has 5 nitrogen and oxygen atoms in total. The van der Waals surface area contributed by atoms with Gasteiger partial charge in [-0.05, 0) is 35.0 Å². The molecule has 0 atom stereocenters. The van der Waals surface area contributed by atoms with E-state index in [1.807, 2.05) is 19.1 Å². The van der Waals surface area contributed by atoms with Gasteiger partial charge in [-0.3, -0.25) is 0 Å². The van der Waals surface area contributed by atoms with Gasteiger partial charge in [0.05, 0.1) is 0 Å². The van der Waals surface area contributed by atoms with Crippen LogP contribution in [0.5, 0.6) is 0 Å². The van der Waals surface area contributed by atoms with Gasteiger partial charge in [0.1, 0.15) is 5.76 Å². The second-order valence-corrected chi connectivity index (χ2v) is 4.04. The first-order valence-corrected chi connectivity index (χ1v) is 5.47. The highest BCUT2D eigenvalue weighted by Crippen LogP contribution is 2.23. The lowest BCUT2D eigenvalue weighted by Crippen LogP contribution is -1.91. The van der Waals surface area contributed by atoms with Crippen LogP contribution in [0.15, 0.2) is 33.7 Å². The Bertz CT molecular complexity index is 658. The average molecular weight is 279 g/mol. The van der Waals surface area contributed by atoms with Crippen molar-refractivity contribution in [1.82, 2.24) is 19.6 Å². The lowest BCUT2D eigenvalue weighted by Gasteiger charge is -1.97. The monoisotopic (exact) mass is 278 g/mol. The van der Waals surface area contributed by atoms with E-state index in [1.54, 1.807) is 16.9 Å². The number of nitrogens with zero attached hydrogens (tertiary/aromatic N) is 4. The first kappa shape index (κ1) is 9.53. The molecule has 3 aromatic heterocycles. The van der Waals surface area contributed by atoms with Gasteiger partial charge >= 0.3 is 0 Å². The van der Waals surface area contributed by atoms with E-state index >= 15 is 0 Å². The van der Waals surface area contributed by atoms with Crippen molar-refractivity contribution in [2.24, 2.45) is 0 Å². The van der Waals surface area contributed by atoms with Crippen LogP contribution in [0.25, 0.3) is 17.1 Å². The maximum absolute atomic E-state index is 5.53. The zero-order chi connectivity index (χ0) is 11.1. The highest BCUT2D eigenvalue weighted by molar-refractivity contribution is 9.10. The van der Waals surface area contributed by atoms with E-state index in [9.17, 15) is 0 Å².